The summed E-state index contributed by atoms with van der Waals surface area (Å²) in [4.78, 5) is 32.8. The summed E-state index contributed by atoms with van der Waals surface area (Å²) < 4.78 is 5.03. The van der Waals surface area contributed by atoms with Gasteiger partial charge >= 0.3 is 6.09 Å². The highest BCUT2D eigenvalue weighted by molar-refractivity contribution is 5.95. The molecule has 2 aliphatic rings. The third-order valence-corrected chi connectivity index (χ3v) is 5.47. The van der Waals surface area contributed by atoms with Crippen molar-refractivity contribution in [3.05, 3.63) is 23.9 Å². The fraction of sp³-hybridized carbons (Fsp3) is 0.650. The largest absolute Gasteiger partial charge is 0.450 e. The first-order chi connectivity index (χ1) is 13.1. The number of ether oxygens (including phenoxy) is 1. The van der Waals surface area contributed by atoms with E-state index in [1.54, 1.807) is 24.1 Å². The molecule has 2 saturated heterocycles. The van der Waals surface area contributed by atoms with Gasteiger partial charge in [-0.1, -0.05) is 6.92 Å². The second-order valence-electron chi connectivity index (χ2n) is 7.51. The van der Waals surface area contributed by atoms with E-state index in [0.29, 0.717) is 25.3 Å². The molecule has 0 unspecified atom stereocenters. The molecule has 0 aromatic carbocycles. The Morgan fingerprint density at radius 2 is 1.89 bits per heavy atom. The monoisotopic (exact) mass is 374 g/mol. The Kier molecular flexibility index (Phi) is 6.53. The van der Waals surface area contributed by atoms with Crippen LogP contribution >= 0.6 is 0 Å². The van der Waals surface area contributed by atoms with Gasteiger partial charge < -0.3 is 19.9 Å². The van der Waals surface area contributed by atoms with Crippen molar-refractivity contribution in [1.82, 2.24) is 15.2 Å². The number of pyridine rings is 1. The number of carbonyl (C=O) groups is 2. The van der Waals surface area contributed by atoms with Gasteiger partial charge in [-0.05, 0) is 50.7 Å². The minimum atomic E-state index is -0.267. The molecule has 1 aromatic heterocycles. The fourth-order valence-corrected chi connectivity index (χ4v) is 3.66. The van der Waals surface area contributed by atoms with Crippen LogP contribution in [0, 0.1) is 5.92 Å². The lowest BCUT2D eigenvalue weighted by molar-refractivity contribution is 0.0860. The van der Waals surface area contributed by atoms with E-state index in [2.05, 4.69) is 22.1 Å². The predicted octanol–water partition coefficient (Wildman–Crippen LogP) is 2.67. The number of anilines is 1. The minimum Gasteiger partial charge on any atom is -0.450 e. The number of rotatable bonds is 4. The van der Waals surface area contributed by atoms with E-state index < -0.39 is 0 Å². The second kappa shape index (κ2) is 9.06. The molecule has 7 heteroatoms. The molecule has 0 aliphatic carbocycles. The summed E-state index contributed by atoms with van der Waals surface area (Å²) >= 11 is 0. The first-order valence-corrected chi connectivity index (χ1v) is 10.0. The van der Waals surface area contributed by atoms with Crippen LogP contribution in [-0.4, -0.2) is 60.7 Å². The molecule has 2 amide bonds. The molecule has 7 nitrogen and oxygen atoms in total. The van der Waals surface area contributed by atoms with Crippen molar-refractivity contribution in [3.8, 4) is 0 Å². The quantitative estimate of drug-likeness (QED) is 0.877. The van der Waals surface area contributed by atoms with Crippen LogP contribution in [0.15, 0.2) is 18.3 Å². The van der Waals surface area contributed by atoms with Crippen LogP contribution < -0.4 is 10.2 Å². The van der Waals surface area contributed by atoms with Gasteiger partial charge in [-0.2, -0.15) is 0 Å². The topological polar surface area (TPSA) is 74.8 Å². The SMILES string of the molecule is CCOC(=O)N1CCC(NC(=O)c2ccnc(N3CCC(C)CC3)c2)CC1. The maximum Gasteiger partial charge on any atom is 0.409 e. The zero-order valence-corrected chi connectivity index (χ0v) is 16.3. The average molecular weight is 374 g/mol. The average Bonchev–Trinajstić information content (AvgIpc) is 2.69. The number of hydrogen-bond acceptors (Lipinski definition) is 5. The fourth-order valence-electron chi connectivity index (χ4n) is 3.66. The molecule has 2 aliphatic heterocycles. The molecule has 3 heterocycles. The summed E-state index contributed by atoms with van der Waals surface area (Å²) in [6.45, 7) is 7.67. The molecule has 148 valence electrons. The Bertz CT molecular complexity index is 650. The highest BCUT2D eigenvalue weighted by Crippen LogP contribution is 2.22. The molecule has 0 atom stereocenters. The van der Waals surface area contributed by atoms with Crippen molar-refractivity contribution >= 4 is 17.8 Å². The molecule has 1 N–H and O–H groups in total. The van der Waals surface area contributed by atoms with Crippen molar-refractivity contribution in [3.63, 3.8) is 0 Å². The number of hydrogen-bond donors (Lipinski definition) is 1. The summed E-state index contributed by atoms with van der Waals surface area (Å²) in [5.74, 6) is 1.57. The third kappa shape index (κ3) is 5.11. The molecule has 1 aromatic rings. The van der Waals surface area contributed by atoms with Crippen molar-refractivity contribution in [2.45, 2.75) is 45.6 Å². The van der Waals surface area contributed by atoms with Gasteiger partial charge in [0, 0.05) is 44.0 Å². The molecule has 2 fully saturated rings. The molecule has 3 rings (SSSR count). The third-order valence-electron chi connectivity index (χ3n) is 5.47. The van der Waals surface area contributed by atoms with Gasteiger partial charge in [0.05, 0.1) is 6.61 Å². The lowest BCUT2D eigenvalue weighted by Gasteiger charge is -2.32. The van der Waals surface area contributed by atoms with Crippen LogP contribution in [0.2, 0.25) is 0 Å². The van der Waals surface area contributed by atoms with Crippen molar-refractivity contribution in [2.24, 2.45) is 5.92 Å². The summed E-state index contributed by atoms with van der Waals surface area (Å²) in [5, 5.41) is 3.10. The molecule has 27 heavy (non-hydrogen) atoms. The number of amides is 2. The normalized spacial score (nSPS) is 19.0. The van der Waals surface area contributed by atoms with E-state index in [0.717, 1.165) is 50.5 Å². The molecule has 0 spiro atoms. The molecular weight excluding hydrogens is 344 g/mol. The van der Waals surface area contributed by atoms with Crippen LogP contribution in [0.5, 0.6) is 0 Å². The van der Waals surface area contributed by atoms with Crippen LogP contribution in [0.25, 0.3) is 0 Å². The van der Waals surface area contributed by atoms with Gasteiger partial charge in [0.15, 0.2) is 0 Å². The van der Waals surface area contributed by atoms with Gasteiger partial charge in [0.25, 0.3) is 5.91 Å². The van der Waals surface area contributed by atoms with Crippen molar-refractivity contribution in [1.29, 1.82) is 0 Å². The van der Waals surface area contributed by atoms with E-state index in [1.807, 2.05) is 6.07 Å². The summed E-state index contributed by atoms with van der Waals surface area (Å²) in [6, 6.07) is 3.73. The van der Waals surface area contributed by atoms with E-state index in [9.17, 15) is 9.59 Å². The van der Waals surface area contributed by atoms with Gasteiger partial charge in [-0.25, -0.2) is 9.78 Å². The summed E-state index contributed by atoms with van der Waals surface area (Å²) in [5.41, 5.74) is 0.645. The van der Waals surface area contributed by atoms with Gasteiger partial charge in [0.1, 0.15) is 5.82 Å². The number of piperidine rings is 2. The Labute approximate surface area is 161 Å². The Morgan fingerprint density at radius 3 is 2.56 bits per heavy atom. The van der Waals surface area contributed by atoms with Crippen molar-refractivity contribution in [2.75, 3.05) is 37.7 Å². The van der Waals surface area contributed by atoms with E-state index in [-0.39, 0.29) is 18.0 Å². The lowest BCUT2D eigenvalue weighted by Crippen LogP contribution is -2.46. The highest BCUT2D eigenvalue weighted by atomic mass is 16.6. The Morgan fingerprint density at radius 1 is 1.19 bits per heavy atom. The minimum absolute atomic E-state index is 0.0707. The molecular formula is C20H30N4O3. The van der Waals surface area contributed by atoms with Crippen LogP contribution in [0.4, 0.5) is 10.6 Å². The zero-order valence-electron chi connectivity index (χ0n) is 16.3. The van der Waals surface area contributed by atoms with Crippen molar-refractivity contribution < 1.29 is 14.3 Å². The van der Waals surface area contributed by atoms with Gasteiger partial charge in [-0.15, -0.1) is 0 Å². The van der Waals surface area contributed by atoms with Crippen LogP contribution in [0.3, 0.4) is 0 Å². The standard InChI is InChI=1S/C20H30N4O3/c1-3-27-20(26)24-12-7-17(8-13-24)22-19(25)16-4-9-21-18(14-16)23-10-5-15(2)6-11-23/h4,9,14-15,17H,3,5-8,10-13H2,1-2H3,(H,22,25). The number of nitrogens with one attached hydrogen (secondary N) is 1. The van der Waals surface area contributed by atoms with E-state index in [1.165, 1.54) is 0 Å². The van der Waals surface area contributed by atoms with Gasteiger partial charge in [-0.3, -0.25) is 4.79 Å². The molecule has 0 radical (unpaired) electrons. The Hall–Kier alpha value is -2.31. The molecule has 0 saturated carbocycles. The zero-order chi connectivity index (χ0) is 19.2. The number of carbonyl (C=O) groups excluding carboxylic acids is 2. The number of aromatic nitrogens is 1. The van der Waals surface area contributed by atoms with E-state index in [4.69, 9.17) is 4.74 Å². The van der Waals surface area contributed by atoms with Gasteiger partial charge in [0.2, 0.25) is 0 Å². The lowest BCUT2D eigenvalue weighted by atomic mass is 9.99. The maximum absolute atomic E-state index is 12.7. The number of likely N-dealkylation sites (tertiary alicyclic amines) is 1. The second-order valence-corrected chi connectivity index (χ2v) is 7.51. The first kappa shape index (κ1) is 19.5. The van der Waals surface area contributed by atoms with E-state index >= 15 is 0 Å². The Balaban J connectivity index is 1.53. The van der Waals surface area contributed by atoms with Crippen LogP contribution in [0.1, 0.15) is 49.9 Å². The molecule has 0 bridgehead atoms. The van der Waals surface area contributed by atoms with Crippen LogP contribution in [-0.2, 0) is 4.74 Å². The summed E-state index contributed by atoms with van der Waals surface area (Å²) in [7, 11) is 0. The highest BCUT2D eigenvalue weighted by Gasteiger charge is 2.25. The summed E-state index contributed by atoms with van der Waals surface area (Å²) in [6.07, 6.45) is 5.26. The number of nitrogens with zero attached hydrogens (tertiary/aromatic N) is 3. The maximum atomic E-state index is 12.7. The predicted molar refractivity (Wildman–Crippen MR) is 104 cm³/mol. The first-order valence-electron chi connectivity index (χ1n) is 10.0. The smallest absolute Gasteiger partial charge is 0.409 e.